The lowest BCUT2D eigenvalue weighted by Gasteiger charge is -2.26. The molecule has 0 unspecified atom stereocenters. The Hall–Kier alpha value is -1.78. The first kappa shape index (κ1) is 24.9. The number of nitrogens with zero attached hydrogens (tertiary/aromatic N) is 2. The molecule has 0 radical (unpaired) electrons. The number of hydrogen-bond acceptors (Lipinski definition) is 6. The van der Waals surface area contributed by atoms with Crippen molar-refractivity contribution < 1.29 is 19.4 Å². The van der Waals surface area contributed by atoms with Crippen LogP contribution in [-0.2, 0) is 4.79 Å². The quantitative estimate of drug-likeness (QED) is 0.359. The van der Waals surface area contributed by atoms with E-state index in [0.29, 0.717) is 29.1 Å². The fourth-order valence-electron chi connectivity index (χ4n) is 3.43. The Morgan fingerprint density at radius 2 is 2.09 bits per heavy atom. The number of halogens is 1. The molecule has 32 heavy (non-hydrogen) atoms. The van der Waals surface area contributed by atoms with Crippen LogP contribution in [0.15, 0.2) is 33.1 Å². The van der Waals surface area contributed by atoms with Crippen LogP contribution in [0.2, 0.25) is 0 Å². The normalized spacial score (nSPS) is 14.4. The van der Waals surface area contributed by atoms with Crippen LogP contribution < -0.4 is 15.0 Å². The number of nitrogens with one attached hydrogen (secondary N) is 1. The zero-order valence-electron chi connectivity index (χ0n) is 18.4. The molecule has 3 rings (SSSR count). The number of carbonyl (C=O) groups excluding carboxylic acids is 1. The average Bonchev–Trinajstić information content (AvgIpc) is 3.43. The third-order valence-electron chi connectivity index (χ3n) is 5.46. The number of carboxylic acid groups (broad SMARTS) is 1. The van der Waals surface area contributed by atoms with Crippen LogP contribution in [0.5, 0.6) is 5.75 Å². The van der Waals surface area contributed by atoms with Gasteiger partial charge in [-0.25, -0.2) is 9.78 Å². The van der Waals surface area contributed by atoms with Crippen LogP contribution in [0.3, 0.4) is 0 Å². The van der Waals surface area contributed by atoms with Crippen molar-refractivity contribution in [2.24, 2.45) is 11.3 Å². The van der Waals surface area contributed by atoms with Crippen LogP contribution in [0, 0.1) is 11.3 Å². The van der Waals surface area contributed by atoms with Gasteiger partial charge in [-0.15, -0.1) is 11.8 Å². The van der Waals surface area contributed by atoms with Crippen LogP contribution >= 0.6 is 39.0 Å². The zero-order chi connectivity index (χ0) is 23.3. The maximum Gasteiger partial charge on any atom is 0.328 e. The van der Waals surface area contributed by atoms with Gasteiger partial charge in [-0.1, -0.05) is 24.2 Å². The Labute approximate surface area is 205 Å². The number of anilines is 2. The second-order valence-corrected chi connectivity index (χ2v) is 11.6. The fourth-order valence-corrected chi connectivity index (χ4v) is 5.78. The van der Waals surface area contributed by atoms with Crippen LogP contribution in [-0.4, -0.2) is 41.5 Å². The molecule has 0 spiro atoms. The number of rotatable bonds is 9. The molecule has 0 bridgehead atoms. The number of thioether (sulfide) groups is 1. The lowest BCUT2D eigenvalue weighted by atomic mass is 9.97. The van der Waals surface area contributed by atoms with Gasteiger partial charge in [-0.05, 0) is 60.7 Å². The van der Waals surface area contributed by atoms with E-state index in [0.717, 1.165) is 27.2 Å². The minimum Gasteiger partial charge on any atom is -0.495 e. The first-order chi connectivity index (χ1) is 15.2. The molecule has 1 saturated carbocycles. The summed E-state index contributed by atoms with van der Waals surface area (Å²) in [5.74, 6) is 0.719. The molecule has 1 aliphatic rings. The number of methoxy groups -OCH3 is 1. The summed E-state index contributed by atoms with van der Waals surface area (Å²) in [6.45, 7) is 4.02. The van der Waals surface area contributed by atoms with Gasteiger partial charge in [0.05, 0.1) is 27.4 Å². The molecular formula is C22H28BrN3O4S2. The molecule has 2 amide bonds. The van der Waals surface area contributed by atoms with Crippen molar-refractivity contribution in [2.45, 2.75) is 43.7 Å². The number of aromatic nitrogens is 1. The fraction of sp³-hybridized carbons (Fsp3) is 0.500. The first-order valence-electron chi connectivity index (χ1n) is 10.4. The molecule has 2 aromatic rings. The highest BCUT2D eigenvalue weighted by atomic mass is 79.9. The number of carboxylic acids is 1. The number of hydrogen-bond donors (Lipinski definition) is 2. The van der Waals surface area contributed by atoms with E-state index in [1.165, 1.54) is 35.9 Å². The van der Waals surface area contributed by atoms with Gasteiger partial charge in [0.2, 0.25) is 0 Å². The molecular weight excluding hydrogens is 514 g/mol. The van der Waals surface area contributed by atoms with Crippen molar-refractivity contribution in [1.82, 2.24) is 4.98 Å². The van der Waals surface area contributed by atoms with Crippen LogP contribution in [0.1, 0.15) is 39.5 Å². The Kier molecular flexibility index (Phi) is 8.46. The molecule has 1 heterocycles. The van der Waals surface area contributed by atoms with E-state index >= 15 is 0 Å². The summed E-state index contributed by atoms with van der Waals surface area (Å²) >= 11 is 6.24. The van der Waals surface area contributed by atoms with Gasteiger partial charge in [0, 0.05) is 24.1 Å². The highest BCUT2D eigenvalue weighted by Crippen LogP contribution is 2.35. The summed E-state index contributed by atoms with van der Waals surface area (Å²) < 4.78 is 7.11. The van der Waals surface area contributed by atoms with E-state index in [9.17, 15) is 14.7 Å². The van der Waals surface area contributed by atoms with Crippen molar-refractivity contribution >= 4 is 61.8 Å². The molecule has 2 N–H and O–H groups in total. The molecule has 1 aliphatic carbocycles. The monoisotopic (exact) mass is 541 g/mol. The van der Waals surface area contributed by atoms with Crippen molar-refractivity contribution in [3.63, 3.8) is 0 Å². The Morgan fingerprint density at radius 1 is 1.38 bits per heavy atom. The zero-order valence-corrected chi connectivity index (χ0v) is 21.6. The topological polar surface area (TPSA) is 91.8 Å². The number of urea groups is 1. The highest BCUT2D eigenvalue weighted by Gasteiger charge is 2.28. The maximum absolute atomic E-state index is 13.2. The third-order valence-corrected chi connectivity index (χ3v) is 8.68. The largest absolute Gasteiger partial charge is 0.495 e. The van der Waals surface area contributed by atoms with Gasteiger partial charge < -0.3 is 9.84 Å². The summed E-state index contributed by atoms with van der Waals surface area (Å²) in [4.78, 5) is 30.6. The number of aliphatic carboxylic acids is 1. The second-order valence-electron chi connectivity index (χ2n) is 8.47. The van der Waals surface area contributed by atoms with Crippen molar-refractivity contribution in [1.29, 1.82) is 0 Å². The molecule has 0 atom stereocenters. The summed E-state index contributed by atoms with van der Waals surface area (Å²) in [5.41, 5.74) is -0.0691. The third kappa shape index (κ3) is 6.39. The van der Waals surface area contributed by atoms with E-state index in [1.54, 1.807) is 32.1 Å². The lowest BCUT2D eigenvalue weighted by molar-refractivity contribution is -0.145. The predicted molar refractivity (Wildman–Crippen MR) is 133 cm³/mol. The van der Waals surface area contributed by atoms with Crippen molar-refractivity contribution in [3.05, 3.63) is 28.9 Å². The smallest absolute Gasteiger partial charge is 0.328 e. The van der Waals surface area contributed by atoms with Gasteiger partial charge in [0.25, 0.3) is 0 Å². The predicted octanol–water partition coefficient (Wildman–Crippen LogP) is 6.35. The second kappa shape index (κ2) is 10.9. The standard InChI is InChI=1S/C22H28BrN3O4S2/c1-22(2,19(27)28)13-31-18-11-24-20(32-18)25-21(29)26(12-14-6-4-5-7-14)15-8-9-16(23)17(10-15)30-3/h8-11,14H,4-7,12-13H2,1-3H3,(H,27,28)(H,24,25,29). The number of amides is 2. The van der Waals surface area contributed by atoms with E-state index in [4.69, 9.17) is 4.74 Å². The van der Waals surface area contributed by atoms with E-state index < -0.39 is 11.4 Å². The SMILES string of the molecule is COc1cc(N(CC2CCCC2)C(=O)Nc2ncc(SCC(C)(C)C(=O)O)s2)ccc1Br. The van der Waals surface area contributed by atoms with Crippen LogP contribution in [0.4, 0.5) is 15.6 Å². The Bertz CT molecular complexity index is 960. The van der Waals surface area contributed by atoms with Gasteiger partial charge in [0.1, 0.15) is 5.75 Å². The summed E-state index contributed by atoms with van der Waals surface area (Å²) in [6, 6.07) is 5.40. The van der Waals surface area contributed by atoms with Crippen molar-refractivity contribution in [3.8, 4) is 5.75 Å². The summed E-state index contributed by atoms with van der Waals surface area (Å²) in [6.07, 6.45) is 6.31. The number of benzene rings is 1. The highest BCUT2D eigenvalue weighted by molar-refractivity contribution is 9.10. The molecule has 1 aromatic carbocycles. The van der Waals surface area contributed by atoms with E-state index in [1.807, 2.05) is 18.2 Å². The molecule has 174 valence electrons. The van der Waals surface area contributed by atoms with Crippen molar-refractivity contribution in [2.75, 3.05) is 29.6 Å². The number of thiazole rings is 1. The molecule has 10 heteroatoms. The number of carbonyl (C=O) groups is 2. The van der Waals surface area contributed by atoms with Crippen LogP contribution in [0.25, 0.3) is 0 Å². The molecule has 0 aliphatic heterocycles. The molecule has 7 nitrogen and oxygen atoms in total. The first-order valence-corrected chi connectivity index (χ1v) is 13.0. The summed E-state index contributed by atoms with van der Waals surface area (Å²) in [5, 5.41) is 12.7. The van der Waals surface area contributed by atoms with Gasteiger partial charge in [-0.3, -0.25) is 15.0 Å². The number of ether oxygens (including phenoxy) is 1. The minimum absolute atomic E-state index is 0.238. The van der Waals surface area contributed by atoms with Gasteiger partial charge in [0.15, 0.2) is 5.13 Å². The van der Waals surface area contributed by atoms with E-state index in [-0.39, 0.29) is 6.03 Å². The molecule has 1 fully saturated rings. The molecule has 1 aromatic heterocycles. The molecule has 0 saturated heterocycles. The van der Waals surface area contributed by atoms with Gasteiger partial charge in [-0.2, -0.15) is 0 Å². The Morgan fingerprint density at radius 3 is 2.75 bits per heavy atom. The summed E-state index contributed by atoms with van der Waals surface area (Å²) in [7, 11) is 1.60. The van der Waals surface area contributed by atoms with Gasteiger partial charge >= 0.3 is 12.0 Å². The maximum atomic E-state index is 13.2. The lowest BCUT2D eigenvalue weighted by Crippen LogP contribution is -2.38. The minimum atomic E-state index is -0.837. The Balaban J connectivity index is 1.72. The van der Waals surface area contributed by atoms with E-state index in [2.05, 4.69) is 26.2 Å². The average molecular weight is 543 g/mol.